The van der Waals surface area contributed by atoms with E-state index in [0.717, 1.165) is 25.3 Å². The molecule has 0 atom stereocenters. The first-order chi connectivity index (χ1) is 7.16. The topological polar surface area (TPSA) is 25.4 Å². The molecule has 3 nitrogen and oxygen atoms in total. The molecule has 0 aliphatic carbocycles. The molecule has 3 heteroatoms. The first kappa shape index (κ1) is 10.4. The van der Waals surface area contributed by atoms with Gasteiger partial charge in [-0.05, 0) is 27.0 Å². The van der Waals surface area contributed by atoms with Crippen molar-refractivity contribution < 1.29 is 4.74 Å². The summed E-state index contributed by atoms with van der Waals surface area (Å²) in [4.78, 5) is 6.72. The van der Waals surface area contributed by atoms with Gasteiger partial charge in [0.05, 0.1) is 6.10 Å². The summed E-state index contributed by atoms with van der Waals surface area (Å²) < 4.78 is 5.79. The number of aromatic nitrogens is 1. The van der Waals surface area contributed by atoms with Crippen LogP contribution in [-0.2, 0) is 13.0 Å². The summed E-state index contributed by atoms with van der Waals surface area (Å²) in [5.74, 6) is 1.00. The van der Waals surface area contributed by atoms with Crippen LogP contribution in [0.25, 0.3) is 0 Å². The van der Waals surface area contributed by atoms with Crippen molar-refractivity contribution in [2.24, 2.45) is 0 Å². The Kier molecular flexibility index (Phi) is 2.91. The van der Waals surface area contributed by atoms with Crippen molar-refractivity contribution in [3.05, 3.63) is 23.5 Å². The molecule has 0 aromatic carbocycles. The molecule has 1 aromatic rings. The highest BCUT2D eigenvalue weighted by atomic mass is 16.5. The van der Waals surface area contributed by atoms with E-state index in [9.17, 15) is 0 Å². The lowest BCUT2D eigenvalue weighted by molar-refractivity contribution is 0.229. The van der Waals surface area contributed by atoms with Crippen LogP contribution in [-0.4, -0.2) is 29.6 Å². The van der Waals surface area contributed by atoms with Gasteiger partial charge >= 0.3 is 0 Å². The quantitative estimate of drug-likeness (QED) is 0.738. The van der Waals surface area contributed by atoms with Crippen molar-refractivity contribution in [1.82, 2.24) is 9.88 Å². The van der Waals surface area contributed by atoms with Crippen molar-refractivity contribution in [2.75, 3.05) is 13.6 Å². The summed E-state index contributed by atoms with van der Waals surface area (Å²) in [6.45, 7) is 6.15. The molecule has 0 spiro atoms. The van der Waals surface area contributed by atoms with Crippen molar-refractivity contribution in [2.45, 2.75) is 32.9 Å². The lowest BCUT2D eigenvalue weighted by Gasteiger charge is -2.26. The molecule has 0 saturated heterocycles. The molecular weight excluding hydrogens is 188 g/mol. The third kappa shape index (κ3) is 2.29. The van der Waals surface area contributed by atoms with Crippen molar-refractivity contribution in [3.8, 4) is 5.75 Å². The van der Waals surface area contributed by atoms with Gasteiger partial charge in [0.2, 0.25) is 0 Å². The van der Waals surface area contributed by atoms with Crippen LogP contribution in [0.1, 0.15) is 25.1 Å². The number of pyridine rings is 1. The molecule has 82 valence electrons. The van der Waals surface area contributed by atoms with Crippen LogP contribution in [0.4, 0.5) is 0 Å². The maximum absolute atomic E-state index is 5.79. The van der Waals surface area contributed by atoms with Crippen molar-refractivity contribution in [1.29, 1.82) is 0 Å². The van der Waals surface area contributed by atoms with E-state index in [4.69, 9.17) is 4.74 Å². The largest absolute Gasteiger partial charge is 0.491 e. The van der Waals surface area contributed by atoms with Crippen LogP contribution in [0, 0.1) is 0 Å². The highest BCUT2D eigenvalue weighted by Gasteiger charge is 2.18. The van der Waals surface area contributed by atoms with Crippen LogP contribution < -0.4 is 4.74 Å². The zero-order valence-electron chi connectivity index (χ0n) is 9.66. The molecule has 15 heavy (non-hydrogen) atoms. The Bertz CT molecular complexity index is 349. The number of hydrogen-bond donors (Lipinski definition) is 0. The molecule has 1 aromatic heterocycles. The van der Waals surface area contributed by atoms with Gasteiger partial charge in [0, 0.05) is 37.0 Å². The lowest BCUT2D eigenvalue weighted by Crippen LogP contribution is -2.28. The van der Waals surface area contributed by atoms with Crippen LogP contribution in [0.3, 0.4) is 0 Å². The first-order valence-electron chi connectivity index (χ1n) is 5.49. The zero-order chi connectivity index (χ0) is 10.8. The fraction of sp³-hybridized carbons (Fsp3) is 0.583. The Balaban J connectivity index is 2.31. The van der Waals surface area contributed by atoms with Gasteiger partial charge in [-0.15, -0.1) is 0 Å². The standard InChI is InChI=1S/C12H18N2O/c1-9(2)15-12-4-6-13-11-5-7-14(3)8-10(11)12/h4,6,9H,5,7-8H2,1-3H3. The summed E-state index contributed by atoms with van der Waals surface area (Å²) in [6.07, 6.45) is 3.10. The molecule has 0 unspecified atom stereocenters. The average Bonchev–Trinajstić information content (AvgIpc) is 2.18. The van der Waals surface area contributed by atoms with Gasteiger partial charge in [-0.25, -0.2) is 0 Å². The number of ether oxygens (including phenoxy) is 1. The summed E-state index contributed by atoms with van der Waals surface area (Å²) in [5, 5.41) is 0. The maximum atomic E-state index is 5.79. The molecule has 1 aliphatic rings. The van der Waals surface area contributed by atoms with E-state index in [1.54, 1.807) is 0 Å². The van der Waals surface area contributed by atoms with Crippen LogP contribution >= 0.6 is 0 Å². The van der Waals surface area contributed by atoms with E-state index in [2.05, 4.69) is 30.8 Å². The van der Waals surface area contributed by atoms with E-state index in [1.165, 1.54) is 11.3 Å². The van der Waals surface area contributed by atoms with Crippen LogP contribution in [0.15, 0.2) is 12.3 Å². The molecule has 0 bridgehead atoms. The predicted octanol–water partition coefficient (Wildman–Crippen LogP) is 1.86. The molecule has 1 aliphatic heterocycles. The number of likely N-dealkylation sites (N-methyl/N-ethyl adjacent to an activating group) is 1. The highest BCUT2D eigenvalue weighted by Crippen LogP contribution is 2.26. The Hall–Kier alpha value is -1.09. The molecule has 0 saturated carbocycles. The van der Waals surface area contributed by atoms with Crippen molar-refractivity contribution in [3.63, 3.8) is 0 Å². The molecular formula is C12H18N2O. The first-order valence-corrected chi connectivity index (χ1v) is 5.49. The van der Waals surface area contributed by atoms with Gasteiger partial charge in [-0.1, -0.05) is 0 Å². The Morgan fingerprint density at radius 2 is 2.27 bits per heavy atom. The SMILES string of the molecule is CC(C)Oc1ccnc2c1CN(C)CC2. The van der Waals surface area contributed by atoms with Gasteiger partial charge in [0.15, 0.2) is 0 Å². The molecule has 0 fully saturated rings. The zero-order valence-corrected chi connectivity index (χ0v) is 9.66. The van der Waals surface area contributed by atoms with Crippen molar-refractivity contribution >= 4 is 0 Å². The number of fused-ring (bicyclic) bond motifs is 1. The second-order valence-electron chi connectivity index (χ2n) is 4.39. The van der Waals surface area contributed by atoms with Gasteiger partial charge in [-0.3, -0.25) is 4.98 Å². The number of rotatable bonds is 2. The number of hydrogen-bond acceptors (Lipinski definition) is 3. The average molecular weight is 206 g/mol. The predicted molar refractivity (Wildman–Crippen MR) is 60.0 cm³/mol. The maximum Gasteiger partial charge on any atom is 0.127 e. The minimum atomic E-state index is 0.226. The second-order valence-corrected chi connectivity index (χ2v) is 4.39. The summed E-state index contributed by atoms with van der Waals surface area (Å²) in [6, 6.07) is 1.97. The highest BCUT2D eigenvalue weighted by molar-refractivity contribution is 5.37. The summed E-state index contributed by atoms with van der Waals surface area (Å²) in [7, 11) is 2.13. The van der Waals surface area contributed by atoms with Gasteiger partial charge in [0.1, 0.15) is 5.75 Å². The molecule has 0 radical (unpaired) electrons. The Morgan fingerprint density at radius 3 is 3.00 bits per heavy atom. The molecule has 0 N–H and O–H groups in total. The third-order valence-corrected chi connectivity index (χ3v) is 2.62. The molecule has 2 heterocycles. The van der Waals surface area contributed by atoms with Crippen LogP contribution in [0.2, 0.25) is 0 Å². The summed E-state index contributed by atoms with van der Waals surface area (Å²) in [5.41, 5.74) is 2.46. The summed E-state index contributed by atoms with van der Waals surface area (Å²) >= 11 is 0. The lowest BCUT2D eigenvalue weighted by atomic mass is 10.1. The Labute approximate surface area is 91.1 Å². The number of nitrogens with zero attached hydrogens (tertiary/aromatic N) is 2. The molecule has 2 rings (SSSR count). The van der Waals surface area contributed by atoms with Gasteiger partial charge < -0.3 is 9.64 Å². The fourth-order valence-corrected chi connectivity index (χ4v) is 1.91. The third-order valence-electron chi connectivity index (χ3n) is 2.62. The Morgan fingerprint density at radius 1 is 1.47 bits per heavy atom. The van der Waals surface area contributed by atoms with Gasteiger partial charge in [-0.2, -0.15) is 0 Å². The van der Waals surface area contributed by atoms with E-state index in [0.29, 0.717) is 0 Å². The minimum absolute atomic E-state index is 0.226. The smallest absolute Gasteiger partial charge is 0.127 e. The second kappa shape index (κ2) is 4.19. The minimum Gasteiger partial charge on any atom is -0.491 e. The van der Waals surface area contributed by atoms with E-state index >= 15 is 0 Å². The van der Waals surface area contributed by atoms with E-state index in [-0.39, 0.29) is 6.10 Å². The van der Waals surface area contributed by atoms with E-state index in [1.807, 2.05) is 12.3 Å². The molecule has 0 amide bonds. The monoisotopic (exact) mass is 206 g/mol. The fourth-order valence-electron chi connectivity index (χ4n) is 1.91. The van der Waals surface area contributed by atoms with Gasteiger partial charge in [0.25, 0.3) is 0 Å². The normalized spacial score (nSPS) is 16.5. The van der Waals surface area contributed by atoms with Crippen LogP contribution in [0.5, 0.6) is 5.75 Å². The van der Waals surface area contributed by atoms with E-state index < -0.39 is 0 Å².